The molecule has 5 aromatic rings. The third-order valence-corrected chi connectivity index (χ3v) is 5.51. The van der Waals surface area contributed by atoms with Crippen LogP contribution in [0.1, 0.15) is 23.9 Å². The predicted molar refractivity (Wildman–Crippen MR) is 122 cm³/mol. The number of aromatic amines is 1. The van der Waals surface area contributed by atoms with E-state index in [-0.39, 0.29) is 18.6 Å². The summed E-state index contributed by atoms with van der Waals surface area (Å²) in [5.41, 5.74) is 3.33. The maximum atomic E-state index is 13.0. The van der Waals surface area contributed by atoms with Crippen LogP contribution < -0.4 is 5.32 Å². The summed E-state index contributed by atoms with van der Waals surface area (Å²) in [6, 6.07) is 23.8. The van der Waals surface area contributed by atoms with E-state index < -0.39 is 0 Å². The van der Waals surface area contributed by atoms with Crippen LogP contribution in [0.15, 0.2) is 85.2 Å². The fourth-order valence-corrected chi connectivity index (χ4v) is 4.08. The van der Waals surface area contributed by atoms with E-state index in [1.54, 1.807) is 0 Å². The summed E-state index contributed by atoms with van der Waals surface area (Å²) in [7, 11) is 0. The molecule has 1 atom stereocenters. The molecule has 1 amide bonds. The first-order chi connectivity index (χ1) is 15.2. The van der Waals surface area contributed by atoms with Crippen molar-refractivity contribution >= 4 is 33.4 Å². The number of rotatable bonds is 6. The molecule has 0 radical (unpaired) electrons. The van der Waals surface area contributed by atoms with Crippen LogP contribution in [0.3, 0.4) is 0 Å². The zero-order valence-electron chi connectivity index (χ0n) is 16.8. The van der Waals surface area contributed by atoms with E-state index in [1.807, 2.05) is 60.9 Å². The molecule has 1 unspecified atom stereocenters. The number of nitrogens with zero attached hydrogens (tertiary/aromatic N) is 2. The maximum Gasteiger partial charge on any atom is 0.226 e. The Morgan fingerprint density at radius 3 is 2.68 bits per heavy atom. The number of H-pyrrole nitrogens is 1. The molecule has 2 heterocycles. The summed E-state index contributed by atoms with van der Waals surface area (Å²) in [5, 5.41) is 14.6. The zero-order chi connectivity index (χ0) is 21.2. The van der Waals surface area contributed by atoms with E-state index in [4.69, 9.17) is 0 Å². The monoisotopic (exact) mass is 410 g/mol. The standard InChI is InChI=1S/C25H22N4O2/c30-16-24-27-21-11-10-18(14-22(21)28-24)26-25(31)15-23(29-12-3-4-13-29)20-9-5-7-17-6-1-2-8-19(17)20/h1-14,23,30H,15-16H2,(H,26,31)(H,27,28). The van der Waals surface area contributed by atoms with Gasteiger partial charge in [0, 0.05) is 18.1 Å². The van der Waals surface area contributed by atoms with Gasteiger partial charge < -0.3 is 20.0 Å². The number of aliphatic hydroxyl groups excluding tert-OH is 1. The molecule has 3 aromatic carbocycles. The van der Waals surface area contributed by atoms with Gasteiger partial charge in [-0.15, -0.1) is 0 Å². The molecule has 2 aromatic heterocycles. The Balaban J connectivity index is 1.44. The molecule has 5 rings (SSSR count). The van der Waals surface area contributed by atoms with Crippen LogP contribution in [-0.4, -0.2) is 25.5 Å². The van der Waals surface area contributed by atoms with Crippen molar-refractivity contribution in [2.45, 2.75) is 19.1 Å². The number of anilines is 1. The fraction of sp³-hybridized carbons (Fsp3) is 0.120. The van der Waals surface area contributed by atoms with Crippen molar-refractivity contribution in [3.8, 4) is 0 Å². The lowest BCUT2D eigenvalue weighted by Gasteiger charge is -2.21. The summed E-state index contributed by atoms with van der Waals surface area (Å²) in [6.45, 7) is -0.153. The number of hydrogen-bond donors (Lipinski definition) is 3. The number of aliphatic hydroxyl groups is 1. The first-order valence-electron chi connectivity index (χ1n) is 10.2. The summed E-state index contributed by atoms with van der Waals surface area (Å²) in [4.78, 5) is 20.4. The lowest BCUT2D eigenvalue weighted by Crippen LogP contribution is -2.19. The highest BCUT2D eigenvalue weighted by atomic mass is 16.3. The largest absolute Gasteiger partial charge is 0.388 e. The van der Waals surface area contributed by atoms with Crippen LogP contribution in [-0.2, 0) is 11.4 Å². The molecule has 154 valence electrons. The third-order valence-electron chi connectivity index (χ3n) is 5.51. The van der Waals surface area contributed by atoms with E-state index in [1.165, 1.54) is 0 Å². The van der Waals surface area contributed by atoms with Gasteiger partial charge in [0.2, 0.25) is 5.91 Å². The number of hydrogen-bond acceptors (Lipinski definition) is 3. The first kappa shape index (κ1) is 19.1. The molecule has 3 N–H and O–H groups in total. The van der Waals surface area contributed by atoms with Gasteiger partial charge in [0.25, 0.3) is 0 Å². The van der Waals surface area contributed by atoms with Crippen molar-refractivity contribution in [2.24, 2.45) is 0 Å². The van der Waals surface area contributed by atoms with Gasteiger partial charge in [0.1, 0.15) is 12.4 Å². The van der Waals surface area contributed by atoms with Gasteiger partial charge in [0.05, 0.1) is 23.5 Å². The van der Waals surface area contributed by atoms with Crippen molar-refractivity contribution in [3.63, 3.8) is 0 Å². The molecule has 0 saturated heterocycles. The van der Waals surface area contributed by atoms with Gasteiger partial charge in [-0.05, 0) is 46.7 Å². The Bertz CT molecular complexity index is 1350. The molecule has 0 aliphatic heterocycles. The first-order valence-corrected chi connectivity index (χ1v) is 10.2. The minimum atomic E-state index is -0.153. The number of aromatic nitrogens is 3. The Morgan fingerprint density at radius 1 is 1.03 bits per heavy atom. The van der Waals surface area contributed by atoms with Crippen molar-refractivity contribution < 1.29 is 9.90 Å². The molecule has 0 aliphatic carbocycles. The van der Waals surface area contributed by atoms with Crippen molar-refractivity contribution in [1.29, 1.82) is 0 Å². The van der Waals surface area contributed by atoms with Crippen LogP contribution in [0.25, 0.3) is 21.8 Å². The van der Waals surface area contributed by atoms with Crippen LogP contribution in [0, 0.1) is 0 Å². The molecule has 0 fully saturated rings. The van der Waals surface area contributed by atoms with Gasteiger partial charge >= 0.3 is 0 Å². The summed E-state index contributed by atoms with van der Waals surface area (Å²) in [5.74, 6) is 0.426. The third kappa shape index (κ3) is 3.81. The van der Waals surface area contributed by atoms with E-state index in [0.717, 1.165) is 27.4 Å². The summed E-state index contributed by atoms with van der Waals surface area (Å²) < 4.78 is 2.08. The minimum Gasteiger partial charge on any atom is -0.388 e. The van der Waals surface area contributed by atoms with Gasteiger partial charge in [-0.25, -0.2) is 4.98 Å². The summed E-state index contributed by atoms with van der Waals surface area (Å²) >= 11 is 0. The molecule has 6 nitrogen and oxygen atoms in total. The van der Waals surface area contributed by atoms with E-state index >= 15 is 0 Å². The van der Waals surface area contributed by atoms with Crippen LogP contribution in [0.2, 0.25) is 0 Å². The molecule has 0 aliphatic rings. The van der Waals surface area contributed by atoms with Gasteiger partial charge in [-0.1, -0.05) is 42.5 Å². The van der Waals surface area contributed by atoms with Crippen LogP contribution in [0.5, 0.6) is 0 Å². The number of fused-ring (bicyclic) bond motifs is 2. The van der Waals surface area contributed by atoms with Crippen LogP contribution >= 0.6 is 0 Å². The van der Waals surface area contributed by atoms with Crippen molar-refractivity contribution in [3.05, 3.63) is 96.6 Å². The number of carbonyl (C=O) groups excluding carboxylic acids is 1. The Labute approximate surface area is 179 Å². The molecule has 0 saturated carbocycles. The number of nitrogens with one attached hydrogen (secondary N) is 2. The highest BCUT2D eigenvalue weighted by Gasteiger charge is 2.20. The highest BCUT2D eigenvalue weighted by Crippen LogP contribution is 2.30. The second-order valence-corrected chi connectivity index (χ2v) is 7.54. The van der Waals surface area contributed by atoms with E-state index in [2.05, 4.69) is 44.1 Å². The lowest BCUT2D eigenvalue weighted by atomic mass is 9.96. The molecule has 6 heteroatoms. The number of carbonyl (C=O) groups is 1. The molecular formula is C25H22N4O2. The van der Waals surface area contributed by atoms with E-state index in [9.17, 15) is 9.90 Å². The van der Waals surface area contributed by atoms with E-state index in [0.29, 0.717) is 17.9 Å². The van der Waals surface area contributed by atoms with Gasteiger partial charge in [-0.2, -0.15) is 0 Å². The predicted octanol–water partition coefficient (Wildman–Crippen LogP) is 4.63. The van der Waals surface area contributed by atoms with Crippen molar-refractivity contribution in [1.82, 2.24) is 14.5 Å². The molecular weight excluding hydrogens is 388 g/mol. The molecule has 0 bridgehead atoms. The van der Waals surface area contributed by atoms with Gasteiger partial charge in [0.15, 0.2) is 0 Å². The topological polar surface area (TPSA) is 82.9 Å². The SMILES string of the molecule is O=C(CC(c1cccc2ccccc12)n1cccc1)Nc1ccc2nc(CO)[nH]c2c1. The average molecular weight is 410 g/mol. The second kappa shape index (κ2) is 8.08. The Kier molecular flexibility index (Phi) is 4.98. The Hall–Kier alpha value is -3.90. The highest BCUT2D eigenvalue weighted by molar-refractivity contribution is 5.94. The lowest BCUT2D eigenvalue weighted by molar-refractivity contribution is -0.116. The smallest absolute Gasteiger partial charge is 0.226 e. The summed E-state index contributed by atoms with van der Waals surface area (Å²) in [6.07, 6.45) is 4.28. The number of imidazole rings is 1. The second-order valence-electron chi connectivity index (χ2n) is 7.54. The number of benzene rings is 3. The minimum absolute atomic E-state index is 0.0760. The average Bonchev–Trinajstić information content (AvgIpc) is 3.46. The molecule has 31 heavy (non-hydrogen) atoms. The normalized spacial score (nSPS) is 12.3. The zero-order valence-corrected chi connectivity index (χ0v) is 16.8. The maximum absolute atomic E-state index is 13.0. The van der Waals surface area contributed by atoms with Crippen molar-refractivity contribution in [2.75, 3.05) is 5.32 Å². The Morgan fingerprint density at radius 2 is 1.84 bits per heavy atom. The van der Waals surface area contributed by atoms with Crippen LogP contribution in [0.4, 0.5) is 5.69 Å². The fourth-order valence-electron chi connectivity index (χ4n) is 4.08. The molecule has 0 spiro atoms. The quantitative estimate of drug-likeness (QED) is 0.382. The van der Waals surface area contributed by atoms with Gasteiger partial charge in [-0.3, -0.25) is 4.79 Å². The number of amides is 1.